The average molecular weight is 459 g/mol. The minimum absolute atomic E-state index is 0.00809. The molecule has 1 aliphatic heterocycles. The highest BCUT2D eigenvalue weighted by molar-refractivity contribution is 7.54. The number of hydrogen-bond acceptors (Lipinski definition) is 10. The van der Waals surface area contributed by atoms with Gasteiger partial charge in [0, 0.05) is 13.5 Å². The van der Waals surface area contributed by atoms with Crippen LogP contribution in [0, 0.1) is 0 Å². The van der Waals surface area contributed by atoms with E-state index >= 15 is 0 Å². The molecular formula is C17H26N5O8P. The molecule has 0 fully saturated rings. The van der Waals surface area contributed by atoms with Gasteiger partial charge in [-0.1, -0.05) is 6.92 Å². The number of nitrogens with two attached hydrogens (primary N) is 1. The normalized spacial score (nSPS) is 24.1. The molecule has 5 atom stereocenters. The van der Waals surface area contributed by atoms with Gasteiger partial charge in [0.25, 0.3) is 5.56 Å². The van der Waals surface area contributed by atoms with E-state index in [2.05, 4.69) is 9.97 Å². The Morgan fingerprint density at radius 2 is 2.13 bits per heavy atom. The summed E-state index contributed by atoms with van der Waals surface area (Å²) >= 11 is 0. The van der Waals surface area contributed by atoms with Crippen molar-refractivity contribution in [2.24, 2.45) is 7.05 Å². The lowest BCUT2D eigenvalue weighted by Crippen LogP contribution is -2.31. The Hall–Kier alpha value is -2.44. The summed E-state index contributed by atoms with van der Waals surface area (Å²) in [6.07, 6.45) is -2.35. The van der Waals surface area contributed by atoms with Gasteiger partial charge in [0.15, 0.2) is 28.4 Å². The van der Waals surface area contributed by atoms with Gasteiger partial charge in [-0.25, -0.2) is 9.55 Å². The van der Waals surface area contributed by atoms with E-state index in [-0.39, 0.29) is 35.8 Å². The molecule has 0 amide bonds. The molecule has 2 aromatic rings. The summed E-state index contributed by atoms with van der Waals surface area (Å²) in [5.41, 5.74) is 5.24. The number of aliphatic hydroxyl groups excluding tert-OH is 2. The van der Waals surface area contributed by atoms with Crippen LogP contribution in [-0.4, -0.2) is 63.0 Å². The lowest BCUT2D eigenvalue weighted by molar-refractivity contribution is 0.0139. The van der Waals surface area contributed by atoms with Crippen LogP contribution in [0.25, 0.3) is 17.0 Å². The van der Waals surface area contributed by atoms with Gasteiger partial charge in [-0.2, -0.15) is 4.98 Å². The van der Waals surface area contributed by atoms with Gasteiger partial charge < -0.3 is 35.2 Å². The average Bonchev–Trinajstić information content (AvgIpc) is 3.21. The number of aromatic nitrogens is 4. The highest BCUT2D eigenvalue weighted by Crippen LogP contribution is 2.56. The van der Waals surface area contributed by atoms with Crippen molar-refractivity contribution in [3.8, 4) is 0 Å². The molecule has 31 heavy (non-hydrogen) atoms. The summed E-state index contributed by atoms with van der Waals surface area (Å²) in [6, 6.07) is 0. The number of fused-ring (bicyclic) bond motifs is 1. The SMILES string of the molecule is CCC(C)(O)P(=O)(O)OC(C)C[C@H]1OC(n2cnc3c(=O)n(C)c(N)nc32)=C(O)[C@@H]1O. The van der Waals surface area contributed by atoms with Crippen LogP contribution in [0.1, 0.15) is 33.6 Å². The number of hydrogen-bond donors (Lipinski definition) is 5. The summed E-state index contributed by atoms with van der Waals surface area (Å²) in [5, 5.41) is 28.9. The maximum atomic E-state index is 12.3. The molecule has 2 aromatic heterocycles. The zero-order chi connectivity index (χ0) is 23.3. The van der Waals surface area contributed by atoms with Crippen LogP contribution < -0.4 is 11.3 Å². The summed E-state index contributed by atoms with van der Waals surface area (Å²) < 4.78 is 25.4. The van der Waals surface area contributed by atoms with Crippen molar-refractivity contribution in [3.63, 3.8) is 0 Å². The predicted molar refractivity (Wildman–Crippen MR) is 110 cm³/mol. The number of aliphatic hydroxyl groups is 3. The first-order valence-corrected chi connectivity index (χ1v) is 11.1. The van der Waals surface area contributed by atoms with Gasteiger partial charge in [-0.3, -0.25) is 13.9 Å². The van der Waals surface area contributed by atoms with Crippen LogP contribution in [0.15, 0.2) is 16.9 Å². The number of nitrogens with zero attached hydrogens (tertiary/aromatic N) is 4. The van der Waals surface area contributed by atoms with Gasteiger partial charge in [0.1, 0.15) is 12.4 Å². The fraction of sp³-hybridized carbons (Fsp3) is 0.588. The van der Waals surface area contributed by atoms with E-state index in [1.54, 1.807) is 6.92 Å². The Balaban J connectivity index is 1.83. The van der Waals surface area contributed by atoms with Crippen molar-refractivity contribution in [1.82, 2.24) is 19.1 Å². The molecule has 1 aliphatic rings. The molecule has 0 saturated carbocycles. The zero-order valence-corrected chi connectivity index (χ0v) is 18.4. The summed E-state index contributed by atoms with van der Waals surface area (Å²) in [5.74, 6) is -0.830. The number of anilines is 1. The quantitative estimate of drug-likeness (QED) is 0.356. The number of rotatable bonds is 7. The van der Waals surface area contributed by atoms with Crippen LogP contribution in [0.2, 0.25) is 0 Å². The third-order valence-corrected chi connectivity index (χ3v) is 7.49. The Kier molecular flexibility index (Phi) is 5.93. The molecule has 0 spiro atoms. The Labute approximate surface area is 176 Å². The third-order valence-electron chi connectivity index (χ3n) is 5.31. The Morgan fingerprint density at radius 1 is 1.48 bits per heavy atom. The number of ether oxygens (including phenoxy) is 1. The fourth-order valence-electron chi connectivity index (χ4n) is 3.05. The van der Waals surface area contributed by atoms with Crippen molar-refractivity contribution in [2.75, 3.05) is 5.73 Å². The molecule has 0 saturated heterocycles. The maximum absolute atomic E-state index is 12.3. The lowest BCUT2D eigenvalue weighted by Gasteiger charge is -2.30. The molecule has 172 valence electrons. The molecule has 0 aromatic carbocycles. The van der Waals surface area contributed by atoms with Crippen molar-refractivity contribution < 1.29 is 34.0 Å². The molecular weight excluding hydrogens is 433 g/mol. The maximum Gasteiger partial charge on any atom is 0.359 e. The second-order valence-electron chi connectivity index (χ2n) is 7.66. The van der Waals surface area contributed by atoms with Gasteiger partial charge in [-0.15, -0.1) is 0 Å². The predicted octanol–water partition coefficient (Wildman–Crippen LogP) is 0.255. The van der Waals surface area contributed by atoms with Crippen LogP contribution in [0.4, 0.5) is 5.95 Å². The molecule has 0 aliphatic carbocycles. The molecule has 3 unspecified atom stereocenters. The monoisotopic (exact) mass is 459 g/mol. The second kappa shape index (κ2) is 7.92. The van der Waals surface area contributed by atoms with Crippen molar-refractivity contribution in [3.05, 3.63) is 22.4 Å². The van der Waals surface area contributed by atoms with Gasteiger partial charge >= 0.3 is 7.60 Å². The van der Waals surface area contributed by atoms with Crippen molar-refractivity contribution >= 4 is 30.6 Å². The number of nitrogen functional groups attached to an aromatic ring is 1. The molecule has 6 N–H and O–H groups in total. The van der Waals surface area contributed by atoms with Crippen LogP contribution in [0.5, 0.6) is 0 Å². The molecule has 3 heterocycles. The molecule has 3 rings (SSSR count). The van der Waals surface area contributed by atoms with E-state index in [1.165, 1.54) is 31.8 Å². The van der Waals surface area contributed by atoms with Gasteiger partial charge in [0.05, 0.1) is 6.10 Å². The van der Waals surface area contributed by atoms with Crippen LogP contribution >= 0.6 is 7.60 Å². The zero-order valence-electron chi connectivity index (χ0n) is 17.5. The van der Waals surface area contributed by atoms with E-state index in [0.29, 0.717) is 0 Å². The summed E-state index contributed by atoms with van der Waals surface area (Å²) in [6.45, 7) is 4.21. The van der Waals surface area contributed by atoms with Crippen molar-refractivity contribution in [1.29, 1.82) is 0 Å². The fourth-order valence-corrected chi connectivity index (χ4v) is 4.25. The minimum atomic E-state index is -4.39. The smallest absolute Gasteiger partial charge is 0.359 e. The third kappa shape index (κ3) is 3.94. The summed E-state index contributed by atoms with van der Waals surface area (Å²) in [4.78, 5) is 30.4. The Bertz CT molecular complexity index is 1140. The van der Waals surface area contributed by atoms with Gasteiger partial charge in [-0.05, 0) is 20.3 Å². The first kappa shape index (κ1) is 23.2. The van der Waals surface area contributed by atoms with E-state index in [4.69, 9.17) is 15.0 Å². The molecule has 14 heteroatoms. The Morgan fingerprint density at radius 3 is 2.74 bits per heavy atom. The van der Waals surface area contributed by atoms with E-state index in [0.717, 1.165) is 4.57 Å². The first-order valence-electron chi connectivity index (χ1n) is 9.52. The van der Waals surface area contributed by atoms with Crippen LogP contribution in [-0.2, 0) is 20.9 Å². The first-order chi connectivity index (χ1) is 14.3. The van der Waals surface area contributed by atoms with E-state index in [1.807, 2.05) is 0 Å². The largest absolute Gasteiger partial charge is 0.505 e. The highest BCUT2D eigenvalue weighted by atomic mass is 31.2. The molecule has 0 bridgehead atoms. The number of imidazole rings is 1. The standard InChI is InChI=1S/C17H26N5O8P/c1-5-17(3,26)31(27,28)30-8(2)6-9-11(23)12(24)15(29-9)22-7-19-10-13(22)20-16(18)21(4)14(10)25/h7-9,11,23-24,26H,5-6H2,1-4H3,(H2,18,20)(H,27,28)/t8?,9-,11-,17?/m1/s1. The topological polar surface area (TPSA) is 195 Å². The van der Waals surface area contributed by atoms with Crippen LogP contribution in [0.3, 0.4) is 0 Å². The minimum Gasteiger partial charge on any atom is -0.505 e. The van der Waals surface area contributed by atoms with Crippen molar-refractivity contribution in [2.45, 2.75) is 57.3 Å². The summed E-state index contributed by atoms with van der Waals surface area (Å²) in [7, 11) is -2.96. The van der Waals surface area contributed by atoms with E-state index < -0.39 is 42.6 Å². The second-order valence-corrected chi connectivity index (χ2v) is 9.87. The molecule has 13 nitrogen and oxygen atoms in total. The van der Waals surface area contributed by atoms with E-state index in [9.17, 15) is 29.6 Å². The highest BCUT2D eigenvalue weighted by Gasteiger charge is 2.44. The van der Waals surface area contributed by atoms with Gasteiger partial charge in [0.2, 0.25) is 11.8 Å². The molecule has 0 radical (unpaired) electrons. The lowest BCUT2D eigenvalue weighted by atomic mass is 10.1.